The number of nitrogens with one attached hydrogen (secondary N) is 1. The second-order valence-corrected chi connectivity index (χ2v) is 8.69. The SMILES string of the molecule is COc1cccc(N2CCN(C(C(=O)O)c3c[nH]c4ccc(OCc5ccccc5)cc34)CC2)c1. The number of piperazine rings is 1. The maximum Gasteiger partial charge on any atom is 0.325 e. The van der Waals surface area contributed by atoms with Gasteiger partial charge in [-0.25, -0.2) is 0 Å². The Morgan fingerprint density at radius 1 is 0.971 bits per heavy atom. The lowest BCUT2D eigenvalue weighted by Crippen LogP contribution is -2.49. The number of carboxylic acids is 1. The van der Waals surface area contributed by atoms with Gasteiger partial charge in [0.2, 0.25) is 0 Å². The molecule has 7 nitrogen and oxygen atoms in total. The van der Waals surface area contributed by atoms with E-state index in [9.17, 15) is 9.90 Å². The van der Waals surface area contributed by atoms with Crippen LogP contribution < -0.4 is 14.4 Å². The first-order valence-electron chi connectivity index (χ1n) is 11.8. The summed E-state index contributed by atoms with van der Waals surface area (Å²) in [5.41, 5.74) is 3.82. The molecule has 180 valence electrons. The lowest BCUT2D eigenvalue weighted by molar-refractivity contribution is -0.143. The zero-order valence-electron chi connectivity index (χ0n) is 19.7. The second kappa shape index (κ2) is 10.1. The molecule has 0 saturated carbocycles. The normalized spacial score (nSPS) is 15.2. The fourth-order valence-electron chi connectivity index (χ4n) is 4.71. The Balaban J connectivity index is 1.33. The highest BCUT2D eigenvalue weighted by Crippen LogP contribution is 2.33. The molecule has 35 heavy (non-hydrogen) atoms. The molecule has 4 aromatic rings. The number of methoxy groups -OCH3 is 1. The molecule has 2 N–H and O–H groups in total. The summed E-state index contributed by atoms with van der Waals surface area (Å²) in [6, 6.07) is 23.0. The van der Waals surface area contributed by atoms with Gasteiger partial charge in [0.1, 0.15) is 24.1 Å². The van der Waals surface area contributed by atoms with Crippen LogP contribution in [-0.4, -0.2) is 54.2 Å². The van der Waals surface area contributed by atoms with Crippen LogP contribution in [0.4, 0.5) is 5.69 Å². The standard InChI is InChI=1S/C28H29N3O4/c1-34-22-9-5-8-21(16-22)30-12-14-31(15-13-30)27(28(32)33)25-18-29-26-11-10-23(17-24(25)26)35-19-20-6-3-2-4-7-20/h2-11,16-18,27,29H,12-15,19H2,1H3,(H,32,33). The van der Waals surface area contributed by atoms with Crippen molar-refractivity contribution in [1.82, 2.24) is 9.88 Å². The molecule has 0 radical (unpaired) electrons. The summed E-state index contributed by atoms with van der Waals surface area (Å²) in [6.07, 6.45) is 1.82. The maximum absolute atomic E-state index is 12.5. The number of hydrogen-bond donors (Lipinski definition) is 2. The van der Waals surface area contributed by atoms with E-state index in [-0.39, 0.29) is 0 Å². The number of aliphatic carboxylic acids is 1. The first-order chi connectivity index (χ1) is 17.1. The van der Waals surface area contributed by atoms with Gasteiger partial charge in [-0.15, -0.1) is 0 Å². The summed E-state index contributed by atoms with van der Waals surface area (Å²) in [5, 5.41) is 11.1. The molecule has 1 aliphatic heterocycles. The number of carboxylic acid groups (broad SMARTS) is 1. The van der Waals surface area contributed by atoms with Gasteiger partial charge in [0.05, 0.1) is 7.11 Å². The van der Waals surface area contributed by atoms with E-state index >= 15 is 0 Å². The van der Waals surface area contributed by atoms with Crippen molar-refractivity contribution in [2.75, 3.05) is 38.2 Å². The largest absolute Gasteiger partial charge is 0.497 e. The first kappa shape index (κ1) is 22.8. The summed E-state index contributed by atoms with van der Waals surface area (Å²) in [7, 11) is 1.66. The molecule has 3 aromatic carbocycles. The molecule has 1 fully saturated rings. The van der Waals surface area contributed by atoms with Crippen molar-refractivity contribution in [3.8, 4) is 11.5 Å². The van der Waals surface area contributed by atoms with Crippen LogP contribution in [0.15, 0.2) is 79.0 Å². The predicted molar refractivity (Wildman–Crippen MR) is 136 cm³/mol. The minimum absolute atomic E-state index is 0.459. The zero-order valence-corrected chi connectivity index (χ0v) is 19.7. The van der Waals surface area contributed by atoms with Crippen LogP contribution in [0.3, 0.4) is 0 Å². The van der Waals surface area contributed by atoms with Crippen LogP contribution in [0.5, 0.6) is 11.5 Å². The number of rotatable bonds is 8. The van der Waals surface area contributed by atoms with Crippen molar-refractivity contribution in [3.05, 3.63) is 90.1 Å². The van der Waals surface area contributed by atoms with Gasteiger partial charge in [0.15, 0.2) is 0 Å². The molecular weight excluding hydrogens is 442 g/mol. The van der Waals surface area contributed by atoms with E-state index in [4.69, 9.17) is 9.47 Å². The van der Waals surface area contributed by atoms with E-state index in [0.717, 1.165) is 46.6 Å². The number of hydrogen-bond acceptors (Lipinski definition) is 5. The summed E-state index contributed by atoms with van der Waals surface area (Å²) in [4.78, 5) is 20.0. The Morgan fingerprint density at radius 2 is 1.77 bits per heavy atom. The molecule has 1 aliphatic rings. The number of nitrogens with zero attached hydrogens (tertiary/aromatic N) is 2. The minimum atomic E-state index is -0.851. The Morgan fingerprint density at radius 3 is 2.51 bits per heavy atom. The number of carbonyl (C=O) groups is 1. The number of H-pyrrole nitrogens is 1. The van der Waals surface area contributed by atoms with Gasteiger partial charge in [-0.05, 0) is 35.9 Å². The number of aromatic nitrogens is 1. The Bertz CT molecular complexity index is 1300. The van der Waals surface area contributed by atoms with Gasteiger partial charge in [0.25, 0.3) is 0 Å². The number of fused-ring (bicyclic) bond motifs is 1. The Kier molecular flexibility index (Phi) is 6.59. The number of ether oxygens (including phenoxy) is 2. The number of aromatic amines is 1. The first-order valence-corrected chi connectivity index (χ1v) is 11.8. The average Bonchev–Trinajstić information content (AvgIpc) is 3.31. The van der Waals surface area contributed by atoms with E-state index in [1.165, 1.54) is 0 Å². The van der Waals surface area contributed by atoms with Crippen LogP contribution in [0.1, 0.15) is 17.2 Å². The molecule has 0 amide bonds. The molecule has 1 unspecified atom stereocenters. The molecule has 2 heterocycles. The fraction of sp³-hybridized carbons (Fsp3) is 0.250. The van der Waals surface area contributed by atoms with Crippen molar-refractivity contribution in [1.29, 1.82) is 0 Å². The molecule has 0 bridgehead atoms. The molecule has 1 saturated heterocycles. The second-order valence-electron chi connectivity index (χ2n) is 8.69. The summed E-state index contributed by atoms with van der Waals surface area (Å²) in [6.45, 7) is 3.23. The molecule has 5 rings (SSSR count). The van der Waals surface area contributed by atoms with Crippen molar-refractivity contribution in [2.45, 2.75) is 12.6 Å². The van der Waals surface area contributed by atoms with E-state index in [2.05, 4.69) is 16.0 Å². The number of benzene rings is 3. The predicted octanol–water partition coefficient (Wildman–Crippen LogP) is 4.70. The molecule has 1 aromatic heterocycles. The van der Waals surface area contributed by atoms with Crippen LogP contribution in [0.2, 0.25) is 0 Å². The highest BCUT2D eigenvalue weighted by atomic mass is 16.5. The van der Waals surface area contributed by atoms with Crippen molar-refractivity contribution in [3.63, 3.8) is 0 Å². The molecule has 1 atom stereocenters. The third-order valence-electron chi connectivity index (χ3n) is 6.56. The smallest absolute Gasteiger partial charge is 0.325 e. The summed E-state index contributed by atoms with van der Waals surface area (Å²) < 4.78 is 11.4. The maximum atomic E-state index is 12.5. The van der Waals surface area contributed by atoms with Gasteiger partial charge in [-0.1, -0.05) is 36.4 Å². The highest BCUT2D eigenvalue weighted by Gasteiger charge is 2.32. The van der Waals surface area contributed by atoms with Crippen molar-refractivity contribution < 1.29 is 19.4 Å². The fourth-order valence-corrected chi connectivity index (χ4v) is 4.71. The van der Waals surface area contributed by atoms with E-state index < -0.39 is 12.0 Å². The lowest BCUT2D eigenvalue weighted by Gasteiger charge is -2.38. The summed E-state index contributed by atoms with van der Waals surface area (Å²) >= 11 is 0. The minimum Gasteiger partial charge on any atom is -0.497 e. The van der Waals surface area contributed by atoms with Gasteiger partial charge < -0.3 is 24.5 Å². The van der Waals surface area contributed by atoms with Gasteiger partial charge in [-0.2, -0.15) is 0 Å². The van der Waals surface area contributed by atoms with Gasteiger partial charge in [0, 0.05) is 60.6 Å². The van der Waals surface area contributed by atoms with Gasteiger partial charge in [-0.3, -0.25) is 9.69 Å². The lowest BCUT2D eigenvalue weighted by atomic mass is 10.0. The molecule has 0 spiro atoms. The monoisotopic (exact) mass is 471 g/mol. The Labute approximate surface area is 204 Å². The van der Waals surface area contributed by atoms with Crippen LogP contribution in [0, 0.1) is 0 Å². The van der Waals surface area contributed by atoms with Crippen molar-refractivity contribution in [2.24, 2.45) is 0 Å². The third kappa shape index (κ3) is 4.95. The average molecular weight is 472 g/mol. The quantitative estimate of drug-likeness (QED) is 0.388. The third-order valence-corrected chi connectivity index (χ3v) is 6.56. The van der Waals surface area contributed by atoms with E-state index in [1.54, 1.807) is 7.11 Å². The molecular formula is C28H29N3O4. The van der Waals surface area contributed by atoms with E-state index in [1.807, 2.05) is 77.8 Å². The van der Waals surface area contributed by atoms with E-state index in [0.29, 0.717) is 25.4 Å². The van der Waals surface area contributed by atoms with Crippen LogP contribution in [-0.2, 0) is 11.4 Å². The topological polar surface area (TPSA) is 78.0 Å². The van der Waals surface area contributed by atoms with Gasteiger partial charge >= 0.3 is 5.97 Å². The summed E-state index contributed by atoms with van der Waals surface area (Å²) in [5.74, 6) is 0.683. The highest BCUT2D eigenvalue weighted by molar-refractivity contribution is 5.90. The number of anilines is 1. The van der Waals surface area contributed by atoms with Crippen molar-refractivity contribution >= 4 is 22.6 Å². The van der Waals surface area contributed by atoms with Crippen LogP contribution in [0.25, 0.3) is 10.9 Å². The zero-order chi connectivity index (χ0) is 24.2. The molecule has 0 aliphatic carbocycles. The molecule has 7 heteroatoms. The Hall–Kier alpha value is -3.97. The van der Waals surface area contributed by atoms with Crippen LogP contribution >= 0.6 is 0 Å².